The van der Waals surface area contributed by atoms with Gasteiger partial charge in [0.2, 0.25) is 0 Å². The molecule has 0 bridgehead atoms. The molecule has 0 amide bonds. The van der Waals surface area contributed by atoms with Gasteiger partial charge in [-0.1, -0.05) is 12.1 Å². The molecule has 4 heteroatoms. The van der Waals surface area contributed by atoms with Crippen molar-refractivity contribution in [3.63, 3.8) is 0 Å². The number of carbonyl (C=O) groups excluding carboxylic acids is 1. The smallest absolute Gasteiger partial charge is 0.340 e. The monoisotopic (exact) mass is 261 g/mol. The van der Waals surface area contributed by atoms with E-state index < -0.39 is 0 Å². The molecule has 1 N–H and O–H groups in total. The SMILES string of the molecule is CCOC(=O)c1c(C)[nH]c(C)c1-c1ccc(F)cc1. The fourth-order valence-corrected chi connectivity index (χ4v) is 2.22. The van der Waals surface area contributed by atoms with Crippen LogP contribution >= 0.6 is 0 Å². The van der Waals surface area contributed by atoms with Crippen LogP contribution in [0.25, 0.3) is 11.1 Å². The van der Waals surface area contributed by atoms with Gasteiger partial charge in [0.25, 0.3) is 0 Å². The van der Waals surface area contributed by atoms with Gasteiger partial charge in [0.15, 0.2) is 0 Å². The highest BCUT2D eigenvalue weighted by molar-refractivity contribution is 5.99. The number of halogens is 1. The summed E-state index contributed by atoms with van der Waals surface area (Å²) < 4.78 is 18.1. The molecule has 2 rings (SSSR count). The van der Waals surface area contributed by atoms with Gasteiger partial charge in [-0.2, -0.15) is 0 Å². The molecule has 2 aromatic rings. The zero-order valence-electron chi connectivity index (χ0n) is 11.2. The fourth-order valence-electron chi connectivity index (χ4n) is 2.22. The van der Waals surface area contributed by atoms with Crippen LogP contribution in [-0.4, -0.2) is 17.6 Å². The second kappa shape index (κ2) is 5.26. The quantitative estimate of drug-likeness (QED) is 0.857. The molecule has 19 heavy (non-hydrogen) atoms. The summed E-state index contributed by atoms with van der Waals surface area (Å²) in [5, 5.41) is 0. The van der Waals surface area contributed by atoms with Crippen molar-refractivity contribution in [2.75, 3.05) is 6.61 Å². The number of aromatic nitrogens is 1. The molecule has 1 aromatic heterocycles. The third-order valence-electron chi connectivity index (χ3n) is 2.99. The molecule has 0 saturated heterocycles. The second-order valence-electron chi connectivity index (χ2n) is 4.35. The average Bonchev–Trinajstić information content (AvgIpc) is 2.65. The number of aryl methyl sites for hydroxylation is 2. The van der Waals surface area contributed by atoms with Crippen LogP contribution in [-0.2, 0) is 4.74 Å². The van der Waals surface area contributed by atoms with E-state index in [1.807, 2.05) is 13.8 Å². The molecule has 3 nitrogen and oxygen atoms in total. The number of rotatable bonds is 3. The van der Waals surface area contributed by atoms with E-state index in [1.54, 1.807) is 19.1 Å². The van der Waals surface area contributed by atoms with Gasteiger partial charge in [0, 0.05) is 17.0 Å². The number of aromatic amines is 1. The maximum Gasteiger partial charge on any atom is 0.340 e. The van der Waals surface area contributed by atoms with E-state index in [9.17, 15) is 9.18 Å². The van der Waals surface area contributed by atoms with E-state index in [2.05, 4.69) is 4.98 Å². The number of hydrogen-bond donors (Lipinski definition) is 1. The highest BCUT2D eigenvalue weighted by Crippen LogP contribution is 2.30. The van der Waals surface area contributed by atoms with Gasteiger partial charge in [-0.25, -0.2) is 9.18 Å². The highest BCUT2D eigenvalue weighted by Gasteiger charge is 2.21. The van der Waals surface area contributed by atoms with Crippen LogP contribution in [0.1, 0.15) is 28.7 Å². The summed E-state index contributed by atoms with van der Waals surface area (Å²) in [6, 6.07) is 6.08. The first-order valence-corrected chi connectivity index (χ1v) is 6.16. The summed E-state index contributed by atoms with van der Waals surface area (Å²) in [5.41, 5.74) is 3.72. The van der Waals surface area contributed by atoms with Crippen molar-refractivity contribution < 1.29 is 13.9 Å². The zero-order valence-corrected chi connectivity index (χ0v) is 11.2. The Morgan fingerprint density at radius 1 is 1.21 bits per heavy atom. The first kappa shape index (κ1) is 13.3. The van der Waals surface area contributed by atoms with Gasteiger partial charge in [-0.15, -0.1) is 0 Å². The van der Waals surface area contributed by atoms with Gasteiger partial charge in [-0.05, 0) is 38.5 Å². The summed E-state index contributed by atoms with van der Waals surface area (Å²) in [6.45, 7) is 5.80. The molecule has 0 atom stereocenters. The van der Waals surface area contributed by atoms with E-state index in [4.69, 9.17) is 4.74 Å². The Labute approximate surface area is 111 Å². The minimum atomic E-state index is -0.358. The minimum absolute atomic E-state index is 0.300. The summed E-state index contributed by atoms with van der Waals surface area (Å²) in [6.07, 6.45) is 0. The molecular formula is C15H16FNO2. The van der Waals surface area contributed by atoms with Crippen molar-refractivity contribution in [3.8, 4) is 11.1 Å². The number of H-pyrrole nitrogens is 1. The van der Waals surface area contributed by atoms with Crippen molar-refractivity contribution in [1.29, 1.82) is 0 Å². The molecule has 100 valence electrons. The lowest BCUT2D eigenvalue weighted by molar-refractivity contribution is 0.0526. The Morgan fingerprint density at radius 3 is 2.42 bits per heavy atom. The third kappa shape index (κ3) is 2.52. The predicted octanol–water partition coefficient (Wildman–Crippen LogP) is 3.61. The van der Waals surface area contributed by atoms with Crippen LogP contribution in [0, 0.1) is 19.7 Å². The number of benzene rings is 1. The molecule has 0 aliphatic carbocycles. The summed E-state index contributed by atoms with van der Waals surface area (Å²) in [4.78, 5) is 15.2. The van der Waals surface area contributed by atoms with Crippen molar-refractivity contribution in [2.24, 2.45) is 0 Å². The van der Waals surface area contributed by atoms with Crippen LogP contribution < -0.4 is 0 Å². The summed E-state index contributed by atoms with van der Waals surface area (Å²) in [5.74, 6) is -0.657. The number of ether oxygens (including phenoxy) is 1. The summed E-state index contributed by atoms with van der Waals surface area (Å²) >= 11 is 0. The fraction of sp³-hybridized carbons (Fsp3) is 0.267. The number of carbonyl (C=O) groups is 1. The average molecular weight is 261 g/mol. The second-order valence-corrected chi connectivity index (χ2v) is 4.35. The molecule has 0 aliphatic rings. The van der Waals surface area contributed by atoms with Gasteiger partial charge < -0.3 is 9.72 Å². The molecule has 0 radical (unpaired) electrons. The van der Waals surface area contributed by atoms with E-state index in [1.165, 1.54) is 12.1 Å². The number of esters is 1. The first-order valence-electron chi connectivity index (χ1n) is 6.16. The molecule has 0 spiro atoms. The lowest BCUT2D eigenvalue weighted by Crippen LogP contribution is -2.06. The Kier molecular flexibility index (Phi) is 3.69. The van der Waals surface area contributed by atoms with E-state index in [-0.39, 0.29) is 11.8 Å². The van der Waals surface area contributed by atoms with Crippen LogP contribution in [0.15, 0.2) is 24.3 Å². The van der Waals surface area contributed by atoms with E-state index in [0.29, 0.717) is 12.2 Å². The molecule has 0 unspecified atom stereocenters. The largest absolute Gasteiger partial charge is 0.462 e. The summed E-state index contributed by atoms with van der Waals surface area (Å²) in [7, 11) is 0. The standard InChI is InChI=1S/C15H16FNO2/c1-4-19-15(18)14-10(3)17-9(2)13(14)11-5-7-12(16)8-6-11/h5-8,17H,4H2,1-3H3. The first-order chi connectivity index (χ1) is 9.04. The maximum atomic E-state index is 13.0. The molecule has 1 heterocycles. The number of hydrogen-bond acceptors (Lipinski definition) is 2. The van der Waals surface area contributed by atoms with Crippen LogP contribution in [0.3, 0.4) is 0 Å². The maximum absolute atomic E-state index is 13.0. The lowest BCUT2D eigenvalue weighted by atomic mass is 10.0. The van der Waals surface area contributed by atoms with Crippen molar-refractivity contribution >= 4 is 5.97 Å². The van der Waals surface area contributed by atoms with E-state index in [0.717, 1.165) is 22.5 Å². The molecule has 1 aromatic carbocycles. The van der Waals surface area contributed by atoms with Gasteiger partial charge in [0.1, 0.15) is 5.82 Å². The predicted molar refractivity (Wildman–Crippen MR) is 71.6 cm³/mol. The van der Waals surface area contributed by atoms with Crippen molar-refractivity contribution in [2.45, 2.75) is 20.8 Å². The van der Waals surface area contributed by atoms with Gasteiger partial charge in [-0.3, -0.25) is 0 Å². The third-order valence-corrected chi connectivity index (χ3v) is 2.99. The molecule has 0 aliphatic heterocycles. The zero-order chi connectivity index (χ0) is 14.0. The highest BCUT2D eigenvalue weighted by atomic mass is 19.1. The van der Waals surface area contributed by atoms with E-state index >= 15 is 0 Å². The van der Waals surface area contributed by atoms with Crippen molar-refractivity contribution in [3.05, 3.63) is 47.0 Å². The lowest BCUT2D eigenvalue weighted by Gasteiger charge is -2.06. The molecular weight excluding hydrogens is 245 g/mol. The van der Waals surface area contributed by atoms with Crippen LogP contribution in [0.5, 0.6) is 0 Å². The van der Waals surface area contributed by atoms with Gasteiger partial charge >= 0.3 is 5.97 Å². The number of nitrogens with one attached hydrogen (secondary N) is 1. The van der Waals surface area contributed by atoms with Crippen LogP contribution in [0.4, 0.5) is 4.39 Å². The topological polar surface area (TPSA) is 42.1 Å². The molecule has 0 saturated carbocycles. The van der Waals surface area contributed by atoms with Crippen molar-refractivity contribution in [1.82, 2.24) is 4.98 Å². The molecule has 0 fully saturated rings. The Hall–Kier alpha value is -2.10. The van der Waals surface area contributed by atoms with Gasteiger partial charge in [0.05, 0.1) is 12.2 Å². The Bertz CT molecular complexity index is 599. The Morgan fingerprint density at radius 2 is 1.84 bits per heavy atom. The minimum Gasteiger partial charge on any atom is -0.462 e. The van der Waals surface area contributed by atoms with Crippen LogP contribution in [0.2, 0.25) is 0 Å². The Balaban J connectivity index is 2.56. The normalized spacial score (nSPS) is 10.5.